The summed E-state index contributed by atoms with van der Waals surface area (Å²) >= 11 is 0. The van der Waals surface area contributed by atoms with E-state index in [4.69, 9.17) is 9.90 Å². The van der Waals surface area contributed by atoms with Crippen LogP contribution in [-0.2, 0) is 4.79 Å². The Morgan fingerprint density at radius 1 is 1.83 bits per heavy atom. The predicted molar refractivity (Wildman–Crippen MR) is 36.3 cm³/mol. The fourth-order valence-corrected chi connectivity index (χ4v) is 0.284. The molecule has 1 aromatic rings. The minimum absolute atomic E-state index is 0.259. The summed E-state index contributed by atoms with van der Waals surface area (Å²) in [6.07, 6.45) is 1.04. The average Bonchev–Trinajstić information content (AvgIpc) is 2.34. The molecule has 0 aromatic carbocycles. The van der Waals surface area contributed by atoms with Gasteiger partial charge in [0.2, 0.25) is 0 Å². The van der Waals surface area contributed by atoms with Crippen molar-refractivity contribution < 1.29 is 14.8 Å². The number of hydrogen-bond donors (Lipinski definition) is 2. The highest BCUT2D eigenvalue weighted by atomic mass is 16.6. The molecule has 0 fully saturated rings. The van der Waals surface area contributed by atoms with Crippen LogP contribution in [0.5, 0.6) is 0 Å². The van der Waals surface area contributed by atoms with Crippen LogP contribution in [0.1, 0.15) is 6.92 Å². The molecule has 0 spiro atoms. The number of nitrogens with one attached hydrogen (secondary N) is 1. The number of rotatable bonds is 1. The molecule has 1 rings (SSSR count). The van der Waals surface area contributed by atoms with Gasteiger partial charge in [-0.05, 0) is 4.92 Å². The van der Waals surface area contributed by atoms with Crippen LogP contribution in [0.25, 0.3) is 0 Å². The van der Waals surface area contributed by atoms with Gasteiger partial charge in [-0.2, -0.15) is 0 Å². The number of H-pyrrole nitrogens is 1. The molecule has 8 nitrogen and oxygen atoms in total. The Hall–Kier alpha value is -1.99. The van der Waals surface area contributed by atoms with Gasteiger partial charge >= 0.3 is 5.82 Å². The number of aliphatic carboxylic acids is 1. The predicted octanol–water partition coefficient (Wildman–Crippen LogP) is -0.196. The normalized spacial score (nSPS) is 8.08. The molecule has 8 heteroatoms. The molecule has 0 unspecified atom stereocenters. The first-order chi connectivity index (χ1) is 5.54. The Morgan fingerprint density at radius 2 is 2.33 bits per heavy atom. The fourth-order valence-electron chi connectivity index (χ4n) is 0.284. The van der Waals surface area contributed by atoms with Crippen LogP contribution < -0.4 is 0 Å². The van der Waals surface area contributed by atoms with Gasteiger partial charge < -0.3 is 15.2 Å². The number of aromatic nitrogens is 3. The molecule has 0 saturated carbocycles. The lowest BCUT2D eigenvalue weighted by molar-refractivity contribution is -0.389. The van der Waals surface area contributed by atoms with E-state index in [1.165, 1.54) is 0 Å². The summed E-state index contributed by atoms with van der Waals surface area (Å²) in [6, 6.07) is 0. The second kappa shape index (κ2) is 4.77. The molecule has 0 amide bonds. The van der Waals surface area contributed by atoms with Gasteiger partial charge in [0.15, 0.2) is 6.20 Å². The third-order valence-corrected chi connectivity index (χ3v) is 0.589. The first-order valence-corrected chi connectivity index (χ1v) is 2.73. The van der Waals surface area contributed by atoms with Gasteiger partial charge in [0.05, 0.1) is 5.10 Å². The Balaban J connectivity index is 0.000000261. The molecule has 1 heterocycles. The van der Waals surface area contributed by atoms with Gasteiger partial charge in [-0.25, -0.2) is 0 Å². The third-order valence-electron chi connectivity index (χ3n) is 0.589. The molecule has 0 atom stereocenters. The monoisotopic (exact) mass is 174 g/mol. The van der Waals surface area contributed by atoms with E-state index in [2.05, 4.69) is 15.4 Å². The Kier molecular flexibility index (Phi) is 3.98. The Bertz CT molecular complexity index is 252. The zero-order valence-electron chi connectivity index (χ0n) is 6.09. The number of aromatic amines is 1. The van der Waals surface area contributed by atoms with Crippen LogP contribution >= 0.6 is 0 Å². The molecule has 0 radical (unpaired) electrons. The van der Waals surface area contributed by atoms with Gasteiger partial charge in [-0.1, -0.05) is 0 Å². The van der Waals surface area contributed by atoms with Crippen LogP contribution in [0.2, 0.25) is 0 Å². The summed E-state index contributed by atoms with van der Waals surface area (Å²) in [6.45, 7) is 1.08. The number of carboxylic acids is 1. The van der Waals surface area contributed by atoms with E-state index in [0.29, 0.717) is 0 Å². The Morgan fingerprint density at radius 3 is 2.50 bits per heavy atom. The van der Waals surface area contributed by atoms with Gasteiger partial charge in [0.25, 0.3) is 5.97 Å². The number of carbonyl (C=O) groups is 1. The maximum absolute atomic E-state index is 9.75. The van der Waals surface area contributed by atoms with E-state index < -0.39 is 10.9 Å². The van der Waals surface area contributed by atoms with Crippen LogP contribution in [0.3, 0.4) is 0 Å². The number of carboxylic acid groups (broad SMARTS) is 1. The van der Waals surface area contributed by atoms with E-state index in [9.17, 15) is 10.1 Å². The van der Waals surface area contributed by atoms with Crippen LogP contribution in [0.15, 0.2) is 6.20 Å². The molecule has 0 aliphatic heterocycles. The van der Waals surface area contributed by atoms with Crippen molar-refractivity contribution in [3.05, 3.63) is 16.3 Å². The lowest BCUT2D eigenvalue weighted by atomic mass is 10.8. The van der Waals surface area contributed by atoms with E-state index >= 15 is 0 Å². The first-order valence-electron chi connectivity index (χ1n) is 2.73. The van der Waals surface area contributed by atoms with Gasteiger partial charge in [-0.15, -0.1) is 10.3 Å². The number of nitrogens with zero attached hydrogens (tertiary/aromatic N) is 3. The van der Waals surface area contributed by atoms with Crippen LogP contribution in [0.4, 0.5) is 5.82 Å². The fraction of sp³-hybridized carbons (Fsp3) is 0.250. The van der Waals surface area contributed by atoms with E-state index in [1.54, 1.807) is 0 Å². The van der Waals surface area contributed by atoms with Crippen LogP contribution in [0, 0.1) is 10.1 Å². The highest BCUT2D eigenvalue weighted by molar-refractivity contribution is 5.62. The molecule has 2 N–H and O–H groups in total. The topological polar surface area (TPSA) is 122 Å². The molecule has 0 aliphatic carbocycles. The molecule has 0 bridgehead atoms. The summed E-state index contributed by atoms with van der Waals surface area (Å²) in [7, 11) is 0. The largest absolute Gasteiger partial charge is 0.481 e. The minimum Gasteiger partial charge on any atom is -0.481 e. The molecule has 66 valence electrons. The van der Waals surface area contributed by atoms with E-state index in [1.807, 2.05) is 0 Å². The molecular weight excluding hydrogens is 168 g/mol. The van der Waals surface area contributed by atoms with Crippen molar-refractivity contribution in [3.63, 3.8) is 0 Å². The summed E-state index contributed by atoms with van der Waals surface area (Å²) in [5, 5.41) is 25.7. The second-order valence-electron chi connectivity index (χ2n) is 1.60. The van der Waals surface area contributed by atoms with E-state index in [-0.39, 0.29) is 5.82 Å². The van der Waals surface area contributed by atoms with Crippen molar-refractivity contribution in [2.75, 3.05) is 0 Å². The minimum atomic E-state index is -0.833. The highest BCUT2D eigenvalue weighted by Gasteiger charge is 2.04. The number of hydrogen-bond acceptors (Lipinski definition) is 5. The number of nitro groups is 1. The van der Waals surface area contributed by atoms with Crippen molar-refractivity contribution in [2.24, 2.45) is 0 Å². The lowest BCUT2D eigenvalue weighted by Gasteiger charge is -1.79. The second-order valence-corrected chi connectivity index (χ2v) is 1.60. The van der Waals surface area contributed by atoms with Crippen molar-refractivity contribution in [3.8, 4) is 0 Å². The van der Waals surface area contributed by atoms with E-state index in [0.717, 1.165) is 13.1 Å². The van der Waals surface area contributed by atoms with Crippen molar-refractivity contribution >= 4 is 11.8 Å². The summed E-state index contributed by atoms with van der Waals surface area (Å²) in [5.74, 6) is -1.09. The lowest BCUT2D eigenvalue weighted by Crippen LogP contribution is -1.86. The van der Waals surface area contributed by atoms with Crippen molar-refractivity contribution in [2.45, 2.75) is 6.92 Å². The zero-order valence-corrected chi connectivity index (χ0v) is 6.09. The third kappa shape index (κ3) is 4.85. The summed E-state index contributed by atoms with van der Waals surface area (Å²) in [5.41, 5.74) is 0. The van der Waals surface area contributed by atoms with Crippen molar-refractivity contribution in [1.82, 2.24) is 15.4 Å². The standard InChI is InChI=1S/C2H2N4O2.C2H4O2/c7-6(8)2-1-3-5-4-2;1-2(3)4/h1H,(H,3,4,5);1H3,(H,3,4). The maximum Gasteiger partial charge on any atom is 0.410 e. The van der Waals surface area contributed by atoms with Crippen LogP contribution in [-0.4, -0.2) is 31.4 Å². The SMILES string of the molecule is CC(=O)O.O=[N+]([O-])c1cn[nH]n1. The highest BCUT2D eigenvalue weighted by Crippen LogP contribution is 1.97. The average molecular weight is 174 g/mol. The molecular formula is C4H6N4O4. The summed E-state index contributed by atoms with van der Waals surface area (Å²) in [4.78, 5) is 18.1. The smallest absolute Gasteiger partial charge is 0.410 e. The van der Waals surface area contributed by atoms with Gasteiger partial charge in [0.1, 0.15) is 0 Å². The summed E-state index contributed by atoms with van der Waals surface area (Å²) < 4.78 is 0. The zero-order chi connectivity index (χ0) is 9.56. The first kappa shape index (κ1) is 10.0. The molecule has 0 aliphatic rings. The molecule has 12 heavy (non-hydrogen) atoms. The Labute approximate surface area is 66.4 Å². The molecule has 1 aromatic heterocycles. The van der Waals surface area contributed by atoms with Gasteiger partial charge in [0, 0.05) is 6.92 Å². The quantitative estimate of drug-likeness (QED) is 0.449. The maximum atomic E-state index is 9.75. The van der Waals surface area contributed by atoms with Crippen molar-refractivity contribution in [1.29, 1.82) is 0 Å². The molecule has 0 saturated heterocycles. The van der Waals surface area contributed by atoms with Gasteiger partial charge in [-0.3, -0.25) is 4.79 Å².